The zero-order valence-electron chi connectivity index (χ0n) is 13.7. The highest BCUT2D eigenvalue weighted by atomic mass is 35.5. The monoisotopic (exact) mass is 349 g/mol. The fraction of sp³-hybridized carbons (Fsp3) is 0.294. The third-order valence-corrected chi connectivity index (χ3v) is 3.89. The molecule has 128 valence electrons. The van der Waals surface area contributed by atoms with Gasteiger partial charge in [0.15, 0.2) is 5.76 Å². The molecule has 1 heterocycles. The third-order valence-electron chi connectivity index (χ3n) is 3.58. The van der Waals surface area contributed by atoms with Crippen LogP contribution in [0, 0.1) is 5.92 Å². The summed E-state index contributed by atoms with van der Waals surface area (Å²) in [6.07, 6.45) is 1.42. The second-order valence-corrected chi connectivity index (χ2v) is 6.16. The molecule has 7 heteroatoms. The first kappa shape index (κ1) is 17.9. The molecule has 0 spiro atoms. The summed E-state index contributed by atoms with van der Waals surface area (Å²) in [5, 5.41) is 8.51. The van der Waals surface area contributed by atoms with Crippen LogP contribution in [0.2, 0.25) is 5.02 Å². The Morgan fingerprint density at radius 2 is 1.88 bits per heavy atom. The van der Waals surface area contributed by atoms with Gasteiger partial charge in [-0.2, -0.15) is 0 Å². The van der Waals surface area contributed by atoms with Gasteiger partial charge in [0.2, 0.25) is 0 Å². The second-order valence-electron chi connectivity index (χ2n) is 5.76. The van der Waals surface area contributed by atoms with Crippen molar-refractivity contribution in [2.45, 2.75) is 26.8 Å². The number of amides is 3. The van der Waals surface area contributed by atoms with Crippen LogP contribution in [0.3, 0.4) is 0 Å². The van der Waals surface area contributed by atoms with Crippen LogP contribution >= 0.6 is 11.6 Å². The summed E-state index contributed by atoms with van der Waals surface area (Å²) in [6, 6.07) is 7.76. The number of nitrogens with one attached hydrogen (secondary N) is 3. The number of carbonyl (C=O) groups excluding carboxylic acids is 2. The molecular formula is C17H20ClN3O3. The molecule has 1 aromatic carbocycles. The first-order chi connectivity index (χ1) is 11.4. The van der Waals surface area contributed by atoms with Crippen LogP contribution in [0.15, 0.2) is 41.0 Å². The summed E-state index contributed by atoms with van der Waals surface area (Å²) < 4.78 is 5.02. The standard InChI is InChI=1S/C17H20ClN3O3/c1-10(2)11(3)19-17(23)20-12-6-7-14(13(18)9-12)21-16(22)15-5-4-8-24-15/h4-11H,1-3H3,(H,21,22)(H2,19,20,23). The van der Waals surface area contributed by atoms with Gasteiger partial charge in [-0.25, -0.2) is 4.79 Å². The maximum absolute atomic E-state index is 11.9. The van der Waals surface area contributed by atoms with Gasteiger partial charge >= 0.3 is 6.03 Å². The summed E-state index contributed by atoms with van der Waals surface area (Å²) in [4.78, 5) is 23.8. The zero-order valence-corrected chi connectivity index (χ0v) is 14.5. The van der Waals surface area contributed by atoms with Crippen LogP contribution in [-0.2, 0) is 0 Å². The normalized spacial score (nSPS) is 11.9. The van der Waals surface area contributed by atoms with Crippen molar-refractivity contribution in [2.24, 2.45) is 5.92 Å². The first-order valence-corrected chi connectivity index (χ1v) is 7.96. The van der Waals surface area contributed by atoms with E-state index in [0.717, 1.165) is 0 Å². The van der Waals surface area contributed by atoms with E-state index in [9.17, 15) is 9.59 Å². The molecule has 1 atom stereocenters. The minimum absolute atomic E-state index is 0.0485. The van der Waals surface area contributed by atoms with Crippen molar-refractivity contribution >= 4 is 34.9 Å². The molecule has 1 unspecified atom stereocenters. The van der Waals surface area contributed by atoms with Crippen molar-refractivity contribution < 1.29 is 14.0 Å². The summed E-state index contributed by atoms with van der Waals surface area (Å²) in [6.45, 7) is 5.99. The van der Waals surface area contributed by atoms with Crippen molar-refractivity contribution in [3.05, 3.63) is 47.4 Å². The Morgan fingerprint density at radius 3 is 2.46 bits per heavy atom. The van der Waals surface area contributed by atoms with Crippen LogP contribution in [0.1, 0.15) is 31.3 Å². The molecule has 6 nitrogen and oxygen atoms in total. The molecule has 0 aliphatic rings. The van der Waals surface area contributed by atoms with E-state index in [1.54, 1.807) is 30.3 Å². The van der Waals surface area contributed by atoms with Crippen molar-refractivity contribution in [3.63, 3.8) is 0 Å². The molecule has 2 aromatic rings. The van der Waals surface area contributed by atoms with Gasteiger partial charge in [-0.15, -0.1) is 0 Å². The lowest BCUT2D eigenvalue weighted by atomic mass is 10.1. The lowest BCUT2D eigenvalue weighted by molar-refractivity contribution is 0.0996. The largest absolute Gasteiger partial charge is 0.459 e. The van der Waals surface area contributed by atoms with Crippen molar-refractivity contribution in [1.29, 1.82) is 0 Å². The molecule has 0 saturated carbocycles. The number of rotatable bonds is 5. The van der Waals surface area contributed by atoms with Crippen LogP contribution in [0.25, 0.3) is 0 Å². The van der Waals surface area contributed by atoms with Gasteiger partial charge in [0.05, 0.1) is 17.0 Å². The lowest BCUT2D eigenvalue weighted by Crippen LogP contribution is -2.38. The van der Waals surface area contributed by atoms with E-state index in [0.29, 0.717) is 22.3 Å². The van der Waals surface area contributed by atoms with Gasteiger partial charge in [0.1, 0.15) is 0 Å². The molecule has 0 fully saturated rings. The van der Waals surface area contributed by atoms with E-state index in [2.05, 4.69) is 16.0 Å². The third kappa shape index (κ3) is 4.76. The molecule has 24 heavy (non-hydrogen) atoms. The highest BCUT2D eigenvalue weighted by molar-refractivity contribution is 6.34. The van der Waals surface area contributed by atoms with Gasteiger partial charge in [0, 0.05) is 11.7 Å². The first-order valence-electron chi connectivity index (χ1n) is 7.58. The molecular weight excluding hydrogens is 330 g/mol. The maximum Gasteiger partial charge on any atom is 0.319 e. The van der Waals surface area contributed by atoms with Crippen molar-refractivity contribution in [2.75, 3.05) is 10.6 Å². The molecule has 0 aliphatic heterocycles. The number of halogens is 1. The Balaban J connectivity index is 1.99. The summed E-state index contributed by atoms with van der Waals surface area (Å²) in [5.74, 6) is 0.125. The van der Waals surface area contributed by atoms with E-state index in [4.69, 9.17) is 16.0 Å². The number of anilines is 2. The van der Waals surface area contributed by atoms with Gasteiger partial charge in [-0.1, -0.05) is 25.4 Å². The van der Waals surface area contributed by atoms with E-state index < -0.39 is 5.91 Å². The van der Waals surface area contributed by atoms with E-state index in [1.807, 2.05) is 20.8 Å². The summed E-state index contributed by atoms with van der Waals surface area (Å²) >= 11 is 6.16. The van der Waals surface area contributed by atoms with Gasteiger partial charge in [-0.3, -0.25) is 4.79 Å². The molecule has 2 rings (SSSR count). The lowest BCUT2D eigenvalue weighted by Gasteiger charge is -2.18. The number of hydrogen-bond acceptors (Lipinski definition) is 3. The Kier molecular flexibility index (Phi) is 5.87. The Labute approximate surface area is 145 Å². The molecule has 0 radical (unpaired) electrons. The van der Waals surface area contributed by atoms with Gasteiger partial charge < -0.3 is 20.4 Å². The molecule has 3 N–H and O–H groups in total. The van der Waals surface area contributed by atoms with Crippen LogP contribution in [0.4, 0.5) is 16.2 Å². The average molecular weight is 350 g/mol. The second kappa shape index (κ2) is 7.88. The highest BCUT2D eigenvalue weighted by Gasteiger charge is 2.13. The number of urea groups is 1. The molecule has 1 aromatic heterocycles. The number of benzene rings is 1. The maximum atomic E-state index is 11.9. The minimum atomic E-state index is -0.397. The predicted molar refractivity (Wildman–Crippen MR) is 94.6 cm³/mol. The number of carbonyl (C=O) groups is 2. The van der Waals surface area contributed by atoms with E-state index >= 15 is 0 Å². The van der Waals surface area contributed by atoms with E-state index in [1.165, 1.54) is 6.26 Å². The number of furan rings is 1. The topological polar surface area (TPSA) is 83.4 Å². The molecule has 3 amide bonds. The Hall–Kier alpha value is -2.47. The van der Waals surface area contributed by atoms with Crippen molar-refractivity contribution in [1.82, 2.24) is 5.32 Å². The zero-order chi connectivity index (χ0) is 17.7. The minimum Gasteiger partial charge on any atom is -0.459 e. The SMILES string of the molecule is CC(C)C(C)NC(=O)Nc1ccc(NC(=O)c2ccco2)c(Cl)c1. The molecule has 0 saturated heterocycles. The predicted octanol–water partition coefficient (Wildman–Crippen LogP) is 4.35. The van der Waals surface area contributed by atoms with Crippen LogP contribution in [-0.4, -0.2) is 18.0 Å². The summed E-state index contributed by atoms with van der Waals surface area (Å²) in [7, 11) is 0. The number of hydrogen-bond donors (Lipinski definition) is 3. The smallest absolute Gasteiger partial charge is 0.319 e. The van der Waals surface area contributed by atoms with Gasteiger partial charge in [0.25, 0.3) is 5.91 Å². The van der Waals surface area contributed by atoms with Crippen molar-refractivity contribution in [3.8, 4) is 0 Å². The molecule has 0 bridgehead atoms. The highest BCUT2D eigenvalue weighted by Crippen LogP contribution is 2.26. The fourth-order valence-corrected chi connectivity index (χ4v) is 2.05. The Morgan fingerprint density at radius 1 is 1.12 bits per heavy atom. The van der Waals surface area contributed by atoms with E-state index in [-0.39, 0.29) is 17.8 Å². The van der Waals surface area contributed by atoms with Gasteiger partial charge in [-0.05, 0) is 43.2 Å². The quantitative estimate of drug-likeness (QED) is 0.750. The Bertz CT molecular complexity index is 714. The molecule has 0 aliphatic carbocycles. The van der Waals surface area contributed by atoms with Crippen LogP contribution < -0.4 is 16.0 Å². The fourth-order valence-electron chi connectivity index (χ4n) is 1.83. The van der Waals surface area contributed by atoms with Crippen LogP contribution in [0.5, 0.6) is 0 Å². The average Bonchev–Trinajstić information content (AvgIpc) is 3.04. The summed E-state index contributed by atoms with van der Waals surface area (Å²) in [5.41, 5.74) is 0.962.